The molecular formula is C19H20N2O4S. The monoisotopic (exact) mass is 372 g/mol. The maximum atomic E-state index is 12.2. The molecule has 136 valence electrons. The van der Waals surface area contributed by atoms with Gasteiger partial charge in [0.1, 0.15) is 11.9 Å². The molecule has 1 heterocycles. The first-order valence-corrected chi connectivity index (χ1v) is 9.25. The number of carbonyl (C=O) groups is 1. The van der Waals surface area contributed by atoms with E-state index in [-0.39, 0.29) is 12.0 Å². The van der Waals surface area contributed by atoms with E-state index in [1.165, 1.54) is 7.11 Å². The van der Waals surface area contributed by atoms with E-state index in [2.05, 4.69) is 10.5 Å². The van der Waals surface area contributed by atoms with Crippen molar-refractivity contribution in [1.29, 1.82) is 0 Å². The Hall–Kier alpha value is -2.67. The Labute approximate surface area is 156 Å². The number of ether oxygens (including phenoxy) is 3. The van der Waals surface area contributed by atoms with Gasteiger partial charge in [0, 0.05) is 17.1 Å². The van der Waals surface area contributed by atoms with Crippen LogP contribution >= 0.6 is 11.8 Å². The average molecular weight is 372 g/mol. The van der Waals surface area contributed by atoms with Crippen molar-refractivity contribution in [3.05, 3.63) is 53.6 Å². The Morgan fingerprint density at radius 1 is 1.15 bits per heavy atom. The van der Waals surface area contributed by atoms with Crippen LogP contribution in [-0.2, 0) is 0 Å². The zero-order valence-electron chi connectivity index (χ0n) is 14.6. The Morgan fingerprint density at radius 2 is 1.96 bits per heavy atom. The minimum Gasteiger partial charge on any atom is -0.493 e. The summed E-state index contributed by atoms with van der Waals surface area (Å²) in [5, 5.41) is 4.01. The smallest absolute Gasteiger partial charge is 0.271 e. The minimum atomic E-state index is -0.332. The number of amides is 1. The Balaban J connectivity index is 1.61. The number of benzene rings is 2. The molecule has 0 saturated carbocycles. The number of carbonyl (C=O) groups excluding carboxylic acids is 1. The number of methoxy groups -OCH3 is 2. The quantitative estimate of drug-likeness (QED) is 0.598. The van der Waals surface area contributed by atoms with E-state index >= 15 is 0 Å². The molecule has 0 bridgehead atoms. The van der Waals surface area contributed by atoms with Gasteiger partial charge in [0.25, 0.3) is 5.91 Å². The molecule has 0 radical (unpaired) electrons. The van der Waals surface area contributed by atoms with Crippen molar-refractivity contribution in [1.82, 2.24) is 5.43 Å². The van der Waals surface area contributed by atoms with Crippen LogP contribution < -0.4 is 19.6 Å². The normalized spacial score (nSPS) is 13.9. The van der Waals surface area contributed by atoms with Gasteiger partial charge in [-0.05, 0) is 35.9 Å². The van der Waals surface area contributed by atoms with Crippen LogP contribution in [0.5, 0.6) is 17.2 Å². The molecule has 0 spiro atoms. The van der Waals surface area contributed by atoms with E-state index in [0.29, 0.717) is 17.1 Å². The number of thioether (sulfide) groups is 1. The lowest BCUT2D eigenvalue weighted by atomic mass is 10.2. The van der Waals surface area contributed by atoms with Gasteiger partial charge >= 0.3 is 0 Å². The Kier molecular flexibility index (Phi) is 6.01. The largest absolute Gasteiger partial charge is 0.493 e. The molecule has 1 fully saturated rings. The van der Waals surface area contributed by atoms with Gasteiger partial charge in [-0.1, -0.05) is 12.1 Å². The standard InChI is InChI=1S/C19H20N2O4S/c1-23-17-7-6-14(9-18(17)24-2)19(22)21-20-10-13-4-3-5-15(8-13)25-16-11-26-12-16/h3-10,16H,11-12H2,1-2H3,(H,21,22)/b20-10+. The van der Waals surface area contributed by atoms with Gasteiger partial charge in [-0.2, -0.15) is 16.9 Å². The molecule has 0 unspecified atom stereocenters. The van der Waals surface area contributed by atoms with Gasteiger partial charge in [0.2, 0.25) is 0 Å². The molecule has 1 N–H and O–H groups in total. The second-order valence-corrected chi connectivity index (χ2v) is 6.69. The zero-order chi connectivity index (χ0) is 18.4. The lowest BCUT2D eigenvalue weighted by molar-refractivity contribution is 0.0954. The van der Waals surface area contributed by atoms with E-state index in [4.69, 9.17) is 14.2 Å². The van der Waals surface area contributed by atoms with E-state index in [1.54, 1.807) is 31.5 Å². The SMILES string of the molecule is COc1ccc(C(=O)N/N=C/c2cccc(OC3CSC3)c2)cc1OC. The summed E-state index contributed by atoms with van der Waals surface area (Å²) in [7, 11) is 3.07. The highest BCUT2D eigenvalue weighted by Crippen LogP contribution is 2.27. The number of nitrogens with zero attached hydrogens (tertiary/aromatic N) is 1. The van der Waals surface area contributed by atoms with E-state index in [9.17, 15) is 4.79 Å². The van der Waals surface area contributed by atoms with Gasteiger partial charge in [0.15, 0.2) is 11.5 Å². The molecule has 0 atom stereocenters. The van der Waals surface area contributed by atoms with E-state index in [0.717, 1.165) is 22.8 Å². The molecule has 0 aromatic heterocycles. The number of nitrogens with one attached hydrogen (secondary N) is 1. The summed E-state index contributed by atoms with van der Waals surface area (Å²) in [6.07, 6.45) is 1.87. The summed E-state index contributed by atoms with van der Waals surface area (Å²) < 4.78 is 16.2. The molecule has 26 heavy (non-hydrogen) atoms. The molecule has 1 saturated heterocycles. The van der Waals surface area contributed by atoms with Crippen LogP contribution in [0.25, 0.3) is 0 Å². The van der Waals surface area contributed by atoms with Crippen molar-refractivity contribution < 1.29 is 19.0 Å². The highest BCUT2D eigenvalue weighted by atomic mass is 32.2. The van der Waals surface area contributed by atoms with Crippen LogP contribution in [0.1, 0.15) is 15.9 Å². The van der Waals surface area contributed by atoms with Crippen molar-refractivity contribution in [3.63, 3.8) is 0 Å². The first-order valence-electron chi connectivity index (χ1n) is 8.09. The predicted octanol–water partition coefficient (Wildman–Crippen LogP) is 2.96. The van der Waals surface area contributed by atoms with Gasteiger partial charge in [0.05, 0.1) is 20.4 Å². The van der Waals surface area contributed by atoms with Crippen LogP contribution in [0, 0.1) is 0 Å². The first kappa shape index (κ1) is 18.1. The van der Waals surface area contributed by atoms with Crippen LogP contribution in [0.2, 0.25) is 0 Å². The van der Waals surface area contributed by atoms with Crippen LogP contribution in [0.3, 0.4) is 0 Å². The number of hydrazone groups is 1. The summed E-state index contributed by atoms with van der Waals surface area (Å²) in [6.45, 7) is 0. The summed E-state index contributed by atoms with van der Waals surface area (Å²) in [5.41, 5.74) is 3.79. The number of hydrogen-bond donors (Lipinski definition) is 1. The van der Waals surface area contributed by atoms with Gasteiger partial charge in [-0.3, -0.25) is 4.79 Å². The van der Waals surface area contributed by atoms with Crippen molar-refractivity contribution in [2.24, 2.45) is 5.10 Å². The summed E-state index contributed by atoms with van der Waals surface area (Å²) in [5.74, 6) is 3.59. The van der Waals surface area contributed by atoms with Crippen molar-refractivity contribution >= 4 is 23.9 Å². The topological polar surface area (TPSA) is 69.2 Å². The number of rotatable bonds is 7. The van der Waals surface area contributed by atoms with E-state index in [1.807, 2.05) is 36.0 Å². The van der Waals surface area contributed by atoms with Crippen molar-refractivity contribution in [2.45, 2.75) is 6.10 Å². The second-order valence-electron chi connectivity index (χ2n) is 5.62. The molecule has 6 nitrogen and oxygen atoms in total. The molecule has 2 aromatic carbocycles. The first-order chi connectivity index (χ1) is 12.7. The fraction of sp³-hybridized carbons (Fsp3) is 0.263. The average Bonchev–Trinajstić information content (AvgIpc) is 2.64. The Bertz CT molecular complexity index is 806. The lowest BCUT2D eigenvalue weighted by Gasteiger charge is -2.25. The van der Waals surface area contributed by atoms with Gasteiger partial charge in [-0.15, -0.1) is 0 Å². The fourth-order valence-electron chi connectivity index (χ4n) is 2.35. The lowest BCUT2D eigenvalue weighted by Crippen LogP contribution is -2.31. The molecule has 3 rings (SSSR count). The van der Waals surface area contributed by atoms with Crippen molar-refractivity contribution in [3.8, 4) is 17.2 Å². The maximum Gasteiger partial charge on any atom is 0.271 e. The third-order valence-corrected chi connectivity index (χ3v) is 5.01. The minimum absolute atomic E-state index is 0.289. The third kappa shape index (κ3) is 4.49. The molecule has 0 aliphatic carbocycles. The summed E-state index contributed by atoms with van der Waals surface area (Å²) >= 11 is 1.87. The molecule has 7 heteroatoms. The van der Waals surface area contributed by atoms with Crippen LogP contribution in [-0.4, -0.2) is 44.0 Å². The molecule has 1 aliphatic heterocycles. The van der Waals surface area contributed by atoms with Crippen LogP contribution in [0.4, 0.5) is 0 Å². The van der Waals surface area contributed by atoms with Crippen LogP contribution in [0.15, 0.2) is 47.6 Å². The molecule has 1 aliphatic rings. The maximum absolute atomic E-state index is 12.2. The number of hydrogen-bond acceptors (Lipinski definition) is 6. The zero-order valence-corrected chi connectivity index (χ0v) is 15.4. The molecule has 2 aromatic rings. The molecule has 1 amide bonds. The highest BCUT2D eigenvalue weighted by molar-refractivity contribution is 8.00. The highest BCUT2D eigenvalue weighted by Gasteiger charge is 2.19. The van der Waals surface area contributed by atoms with Gasteiger partial charge in [-0.25, -0.2) is 5.43 Å². The fourth-order valence-corrected chi connectivity index (χ4v) is 2.91. The van der Waals surface area contributed by atoms with Crippen molar-refractivity contribution in [2.75, 3.05) is 25.7 Å². The van der Waals surface area contributed by atoms with E-state index < -0.39 is 0 Å². The second kappa shape index (κ2) is 8.62. The summed E-state index contributed by atoms with van der Waals surface area (Å²) in [4.78, 5) is 12.2. The summed E-state index contributed by atoms with van der Waals surface area (Å²) in [6, 6.07) is 12.5. The predicted molar refractivity (Wildman–Crippen MR) is 103 cm³/mol. The van der Waals surface area contributed by atoms with Gasteiger partial charge < -0.3 is 14.2 Å². The Morgan fingerprint density at radius 3 is 2.65 bits per heavy atom. The third-order valence-electron chi connectivity index (χ3n) is 3.79. The molecular weight excluding hydrogens is 352 g/mol.